The zero-order valence-corrected chi connectivity index (χ0v) is 9.25. The van der Waals surface area contributed by atoms with Gasteiger partial charge >= 0.3 is 0 Å². The van der Waals surface area contributed by atoms with E-state index in [2.05, 4.69) is 15.2 Å². The van der Waals surface area contributed by atoms with Crippen molar-refractivity contribution in [3.05, 3.63) is 17.2 Å². The smallest absolute Gasteiger partial charge is 0.239 e. The number of methoxy groups -OCH3 is 1. The number of nitrogens with two attached hydrogens (primary N) is 2. The minimum atomic E-state index is 0.157. The number of halogens is 1. The first-order chi connectivity index (χ1) is 7.61. The summed E-state index contributed by atoms with van der Waals surface area (Å²) in [4.78, 5) is 3.99. The molecule has 0 saturated carbocycles. The topological polar surface area (TPSA) is 103 Å². The first kappa shape index (κ1) is 10.6. The molecule has 0 amide bonds. The van der Waals surface area contributed by atoms with Gasteiger partial charge < -0.3 is 16.2 Å². The summed E-state index contributed by atoms with van der Waals surface area (Å²) in [5.74, 6) is 1.19. The monoisotopic (exact) mass is 239 g/mol. The van der Waals surface area contributed by atoms with Gasteiger partial charge in [0.15, 0.2) is 5.82 Å². The molecular formula is C9H10ClN5O. The van der Waals surface area contributed by atoms with Crippen molar-refractivity contribution in [2.45, 2.75) is 0 Å². The number of ether oxygens (including phenoxy) is 1. The molecule has 0 atom stereocenters. The number of H-pyrrole nitrogens is 1. The Bertz CT molecular complexity index is 525. The van der Waals surface area contributed by atoms with E-state index in [9.17, 15) is 0 Å². The first-order valence-corrected chi connectivity index (χ1v) is 4.81. The van der Waals surface area contributed by atoms with E-state index in [1.54, 1.807) is 12.1 Å². The van der Waals surface area contributed by atoms with Crippen LogP contribution in [0.5, 0.6) is 5.75 Å². The Balaban J connectivity index is 2.59. The van der Waals surface area contributed by atoms with Gasteiger partial charge in [0.05, 0.1) is 23.4 Å². The number of benzene rings is 1. The molecule has 0 aliphatic carbocycles. The zero-order valence-electron chi connectivity index (χ0n) is 8.49. The Kier molecular flexibility index (Phi) is 2.57. The third-order valence-electron chi connectivity index (χ3n) is 2.08. The normalized spacial score (nSPS) is 10.4. The van der Waals surface area contributed by atoms with Crippen LogP contribution >= 0.6 is 11.6 Å². The lowest BCUT2D eigenvalue weighted by Gasteiger charge is -2.08. The standard InChI is InChI=1S/C9H10ClN5O/c1-16-7-3-6(11)5(10)2-4(7)8-13-9(12)15-14-8/h2-3H,11H2,1H3,(H3,12,13,14,15). The Morgan fingerprint density at radius 3 is 2.69 bits per heavy atom. The van der Waals surface area contributed by atoms with Crippen LogP contribution < -0.4 is 16.2 Å². The summed E-state index contributed by atoms with van der Waals surface area (Å²) < 4.78 is 5.18. The predicted octanol–water partition coefficient (Wildman–Crippen LogP) is 1.30. The molecule has 0 saturated heterocycles. The molecule has 0 bridgehead atoms. The van der Waals surface area contributed by atoms with Gasteiger partial charge in [-0.05, 0) is 6.07 Å². The summed E-state index contributed by atoms with van der Waals surface area (Å²) in [6.45, 7) is 0. The van der Waals surface area contributed by atoms with E-state index in [0.717, 1.165) is 0 Å². The molecule has 1 heterocycles. The van der Waals surface area contributed by atoms with Crippen LogP contribution in [-0.2, 0) is 0 Å². The maximum absolute atomic E-state index is 5.93. The van der Waals surface area contributed by atoms with Crippen molar-refractivity contribution in [2.24, 2.45) is 0 Å². The average molecular weight is 240 g/mol. The lowest BCUT2D eigenvalue weighted by atomic mass is 10.1. The molecule has 84 valence electrons. The van der Waals surface area contributed by atoms with Gasteiger partial charge in [-0.1, -0.05) is 11.6 Å². The highest BCUT2D eigenvalue weighted by Crippen LogP contribution is 2.34. The summed E-state index contributed by atoms with van der Waals surface area (Å²) in [5, 5.41) is 6.83. The lowest BCUT2D eigenvalue weighted by Crippen LogP contribution is -1.94. The summed E-state index contributed by atoms with van der Waals surface area (Å²) in [6, 6.07) is 3.27. The molecule has 7 heteroatoms. The van der Waals surface area contributed by atoms with Gasteiger partial charge in [0.2, 0.25) is 5.95 Å². The van der Waals surface area contributed by atoms with Gasteiger partial charge in [-0.25, -0.2) is 0 Å². The molecule has 0 spiro atoms. The molecule has 1 aromatic carbocycles. The van der Waals surface area contributed by atoms with Crippen LogP contribution in [0, 0.1) is 0 Å². The summed E-state index contributed by atoms with van der Waals surface area (Å²) >= 11 is 5.93. The molecule has 2 rings (SSSR count). The van der Waals surface area contributed by atoms with Crippen LogP contribution in [0.2, 0.25) is 5.02 Å². The fraction of sp³-hybridized carbons (Fsp3) is 0.111. The molecule has 2 aromatic rings. The third-order valence-corrected chi connectivity index (χ3v) is 2.40. The largest absolute Gasteiger partial charge is 0.496 e. The van der Waals surface area contributed by atoms with Gasteiger partial charge in [0, 0.05) is 6.07 Å². The van der Waals surface area contributed by atoms with Crippen molar-refractivity contribution in [1.82, 2.24) is 15.2 Å². The van der Waals surface area contributed by atoms with E-state index in [1.807, 2.05) is 0 Å². The molecular weight excluding hydrogens is 230 g/mol. The van der Waals surface area contributed by atoms with Crippen molar-refractivity contribution in [3.63, 3.8) is 0 Å². The van der Waals surface area contributed by atoms with E-state index in [-0.39, 0.29) is 5.95 Å². The quantitative estimate of drug-likeness (QED) is 0.686. The highest BCUT2D eigenvalue weighted by atomic mass is 35.5. The summed E-state index contributed by atoms with van der Waals surface area (Å²) in [6.07, 6.45) is 0. The highest BCUT2D eigenvalue weighted by Gasteiger charge is 2.12. The van der Waals surface area contributed by atoms with Crippen molar-refractivity contribution in [1.29, 1.82) is 0 Å². The van der Waals surface area contributed by atoms with Crippen LogP contribution in [0.3, 0.4) is 0 Å². The molecule has 6 nitrogen and oxygen atoms in total. The minimum absolute atomic E-state index is 0.157. The van der Waals surface area contributed by atoms with Crippen LogP contribution in [-0.4, -0.2) is 22.3 Å². The van der Waals surface area contributed by atoms with Crippen molar-refractivity contribution < 1.29 is 4.74 Å². The SMILES string of the molecule is COc1cc(N)c(Cl)cc1-c1nc(N)n[nH]1. The number of hydrogen-bond acceptors (Lipinski definition) is 5. The van der Waals surface area contributed by atoms with Crippen LogP contribution in [0.15, 0.2) is 12.1 Å². The van der Waals surface area contributed by atoms with Gasteiger partial charge in [0.25, 0.3) is 0 Å². The molecule has 1 aromatic heterocycles. The lowest BCUT2D eigenvalue weighted by molar-refractivity contribution is 0.416. The Hall–Kier alpha value is -1.95. The maximum Gasteiger partial charge on any atom is 0.239 e. The maximum atomic E-state index is 5.93. The zero-order chi connectivity index (χ0) is 11.7. The van der Waals surface area contributed by atoms with E-state index < -0.39 is 0 Å². The van der Waals surface area contributed by atoms with Gasteiger partial charge in [-0.2, -0.15) is 4.98 Å². The van der Waals surface area contributed by atoms with Crippen molar-refractivity contribution >= 4 is 23.2 Å². The second-order valence-corrected chi connectivity index (χ2v) is 3.52. The highest BCUT2D eigenvalue weighted by molar-refractivity contribution is 6.33. The van der Waals surface area contributed by atoms with Crippen molar-refractivity contribution in [3.8, 4) is 17.1 Å². The van der Waals surface area contributed by atoms with Gasteiger partial charge in [0.1, 0.15) is 5.75 Å². The number of anilines is 2. The van der Waals surface area contributed by atoms with Crippen LogP contribution in [0.1, 0.15) is 0 Å². The minimum Gasteiger partial charge on any atom is -0.496 e. The van der Waals surface area contributed by atoms with E-state index in [0.29, 0.717) is 27.8 Å². The fourth-order valence-electron chi connectivity index (χ4n) is 1.32. The molecule has 0 radical (unpaired) electrons. The number of hydrogen-bond donors (Lipinski definition) is 3. The molecule has 0 unspecified atom stereocenters. The average Bonchev–Trinajstić information content (AvgIpc) is 2.68. The number of nitrogens with one attached hydrogen (secondary N) is 1. The molecule has 16 heavy (non-hydrogen) atoms. The second kappa shape index (κ2) is 3.90. The number of aromatic amines is 1. The number of rotatable bonds is 2. The molecule has 0 aliphatic heterocycles. The van der Waals surface area contributed by atoms with Crippen molar-refractivity contribution in [2.75, 3.05) is 18.6 Å². The Labute approximate surface area is 96.6 Å². The Morgan fingerprint density at radius 2 is 2.12 bits per heavy atom. The number of aromatic nitrogens is 3. The number of nitrogens with zero attached hydrogens (tertiary/aromatic N) is 2. The summed E-state index contributed by atoms with van der Waals surface area (Å²) in [5.41, 5.74) is 12.2. The molecule has 5 N–H and O–H groups in total. The summed E-state index contributed by atoms with van der Waals surface area (Å²) in [7, 11) is 1.53. The predicted molar refractivity (Wildman–Crippen MR) is 62.2 cm³/mol. The first-order valence-electron chi connectivity index (χ1n) is 4.43. The van der Waals surface area contributed by atoms with Gasteiger partial charge in [-0.15, -0.1) is 5.10 Å². The van der Waals surface area contributed by atoms with E-state index in [1.165, 1.54) is 7.11 Å². The molecule has 0 aliphatic rings. The molecule has 0 fully saturated rings. The number of nitrogen functional groups attached to an aromatic ring is 2. The van der Waals surface area contributed by atoms with Crippen LogP contribution in [0.4, 0.5) is 11.6 Å². The Morgan fingerprint density at radius 1 is 1.38 bits per heavy atom. The second-order valence-electron chi connectivity index (χ2n) is 3.12. The fourth-order valence-corrected chi connectivity index (χ4v) is 1.48. The van der Waals surface area contributed by atoms with E-state index >= 15 is 0 Å². The van der Waals surface area contributed by atoms with Gasteiger partial charge in [-0.3, -0.25) is 5.10 Å². The van der Waals surface area contributed by atoms with E-state index in [4.69, 9.17) is 27.8 Å². The third kappa shape index (κ3) is 1.74. The van der Waals surface area contributed by atoms with Crippen LogP contribution in [0.25, 0.3) is 11.4 Å².